The van der Waals surface area contributed by atoms with Crippen LogP contribution in [0.1, 0.15) is 119 Å². The highest BCUT2D eigenvalue weighted by atomic mass is 35.5. The fourth-order valence-electron chi connectivity index (χ4n) is 4.89. The van der Waals surface area contributed by atoms with Crippen molar-refractivity contribution in [3.63, 3.8) is 0 Å². The largest absolute Gasteiger partial charge is 0.481 e. The first-order valence-corrected chi connectivity index (χ1v) is 15.2. The summed E-state index contributed by atoms with van der Waals surface area (Å²) >= 11 is 6.61. The van der Waals surface area contributed by atoms with Gasteiger partial charge in [0.2, 0.25) is 6.41 Å². The van der Waals surface area contributed by atoms with Gasteiger partial charge in [0.25, 0.3) is 0 Å². The molecule has 1 unspecified atom stereocenters. The molecule has 2 atom stereocenters. The third kappa shape index (κ3) is 10.1. The number of aliphatic carboxylic acids is 1. The molecule has 0 bridgehead atoms. The number of rotatable bonds is 12. The number of carbonyl (C=O) groups is 2. The maximum atomic E-state index is 15.3. The molecule has 1 aromatic rings. The van der Waals surface area contributed by atoms with Crippen molar-refractivity contribution in [2.75, 3.05) is 6.54 Å². The number of carbonyl (C=O) groups excluding carboxylic acids is 1. The van der Waals surface area contributed by atoms with Crippen LogP contribution in [0.4, 0.5) is 4.39 Å². The van der Waals surface area contributed by atoms with Crippen LogP contribution in [-0.2, 0) is 21.5 Å². The lowest BCUT2D eigenvalue weighted by Gasteiger charge is -2.54. The van der Waals surface area contributed by atoms with Gasteiger partial charge >= 0.3 is 5.97 Å². The number of carboxylic acids is 1. The lowest BCUT2D eigenvalue weighted by molar-refractivity contribution is -0.138. The Kier molecular flexibility index (Phi) is 17.3. The Hall–Kier alpha value is -2.08. The van der Waals surface area contributed by atoms with E-state index in [1.807, 2.05) is 45.7 Å². The number of halogens is 2. The Bertz CT molecular complexity index is 896. The van der Waals surface area contributed by atoms with Crippen molar-refractivity contribution < 1.29 is 19.1 Å². The summed E-state index contributed by atoms with van der Waals surface area (Å²) < 4.78 is 15.3. The van der Waals surface area contributed by atoms with Gasteiger partial charge in [-0.3, -0.25) is 9.59 Å². The Balaban J connectivity index is 0.00000269. The summed E-state index contributed by atoms with van der Waals surface area (Å²) in [5.41, 5.74) is 1.16. The summed E-state index contributed by atoms with van der Waals surface area (Å²) in [5.74, 6) is -0.764. The molecular weight excluding hydrogens is 515 g/mol. The number of nitrogens with zero attached hydrogens (tertiary/aromatic N) is 2. The SMILES string of the molecule is CC.CCC.CCCCC1N(CCC(=O)O)C=C(C(C)C)[C@](C)(c2cc(F)c(CCC(C)C)c(Cl)c2)N1C=O. The van der Waals surface area contributed by atoms with E-state index in [0.29, 0.717) is 41.5 Å². The molecule has 224 valence electrons. The highest BCUT2D eigenvalue weighted by molar-refractivity contribution is 6.31. The second-order valence-electron chi connectivity index (χ2n) is 10.9. The van der Waals surface area contributed by atoms with Gasteiger partial charge in [0, 0.05) is 23.3 Å². The van der Waals surface area contributed by atoms with Gasteiger partial charge in [-0.25, -0.2) is 4.39 Å². The minimum Gasteiger partial charge on any atom is -0.481 e. The van der Waals surface area contributed by atoms with Crippen LogP contribution in [0.2, 0.25) is 5.02 Å². The topological polar surface area (TPSA) is 60.9 Å². The number of carboxylic acid groups (broad SMARTS) is 1. The summed E-state index contributed by atoms with van der Waals surface area (Å²) in [6.45, 7) is 20.8. The monoisotopic (exact) mass is 568 g/mol. The zero-order valence-electron chi connectivity index (χ0n) is 26.1. The lowest BCUT2D eigenvalue weighted by atomic mass is 9.75. The van der Waals surface area contributed by atoms with Gasteiger partial charge in [0.1, 0.15) is 12.0 Å². The minimum atomic E-state index is -0.908. The number of hydrogen-bond donors (Lipinski definition) is 1. The number of hydrogen-bond acceptors (Lipinski definition) is 3. The van der Waals surface area contributed by atoms with E-state index < -0.39 is 11.5 Å². The van der Waals surface area contributed by atoms with Crippen LogP contribution in [0.25, 0.3) is 0 Å². The summed E-state index contributed by atoms with van der Waals surface area (Å²) in [6, 6.07) is 3.33. The summed E-state index contributed by atoms with van der Waals surface area (Å²) in [7, 11) is 0. The molecule has 1 amide bonds. The number of amides is 1. The molecule has 0 saturated heterocycles. The lowest BCUT2D eigenvalue weighted by Crippen LogP contribution is -2.60. The van der Waals surface area contributed by atoms with Crippen LogP contribution in [0.15, 0.2) is 23.9 Å². The van der Waals surface area contributed by atoms with Gasteiger partial charge in [0.15, 0.2) is 0 Å². The van der Waals surface area contributed by atoms with E-state index in [0.717, 1.165) is 31.2 Å². The molecule has 39 heavy (non-hydrogen) atoms. The molecule has 0 aliphatic carbocycles. The van der Waals surface area contributed by atoms with Gasteiger partial charge in [-0.05, 0) is 67.7 Å². The van der Waals surface area contributed by atoms with Gasteiger partial charge in [-0.2, -0.15) is 0 Å². The van der Waals surface area contributed by atoms with E-state index in [1.54, 1.807) is 11.0 Å². The molecule has 0 aromatic heterocycles. The molecule has 0 saturated carbocycles. The third-order valence-electron chi connectivity index (χ3n) is 6.90. The van der Waals surface area contributed by atoms with Crippen LogP contribution in [0, 0.1) is 17.7 Å². The predicted molar refractivity (Wildman–Crippen MR) is 162 cm³/mol. The van der Waals surface area contributed by atoms with Crippen molar-refractivity contribution in [3.05, 3.63) is 45.9 Å². The minimum absolute atomic E-state index is 0.0289. The first-order valence-electron chi connectivity index (χ1n) is 14.8. The van der Waals surface area contributed by atoms with E-state index in [4.69, 9.17) is 11.6 Å². The Morgan fingerprint density at radius 1 is 1.18 bits per heavy atom. The zero-order valence-corrected chi connectivity index (χ0v) is 26.9. The fourth-order valence-corrected chi connectivity index (χ4v) is 5.19. The first-order chi connectivity index (χ1) is 18.4. The van der Waals surface area contributed by atoms with Gasteiger partial charge in [-0.15, -0.1) is 0 Å². The van der Waals surface area contributed by atoms with E-state index in [9.17, 15) is 14.7 Å². The molecule has 0 fully saturated rings. The number of unbranched alkanes of at least 4 members (excludes halogenated alkanes) is 1. The second kappa shape index (κ2) is 18.3. The van der Waals surface area contributed by atoms with Crippen molar-refractivity contribution >= 4 is 24.0 Å². The summed E-state index contributed by atoms with van der Waals surface area (Å²) in [5, 5.41) is 9.64. The van der Waals surface area contributed by atoms with Crippen LogP contribution in [0.5, 0.6) is 0 Å². The fraction of sp³-hybridized carbons (Fsp3) is 0.688. The Labute approximate surface area is 242 Å². The average Bonchev–Trinajstić information content (AvgIpc) is 2.87. The van der Waals surface area contributed by atoms with E-state index in [1.165, 1.54) is 12.5 Å². The van der Waals surface area contributed by atoms with Gasteiger partial charge in [0.05, 0.1) is 12.0 Å². The molecular formula is C32H54ClFN2O3. The quantitative estimate of drug-likeness (QED) is 0.255. The summed E-state index contributed by atoms with van der Waals surface area (Å²) in [4.78, 5) is 27.6. The predicted octanol–water partition coefficient (Wildman–Crippen LogP) is 9.03. The highest BCUT2D eigenvalue weighted by Crippen LogP contribution is 2.46. The summed E-state index contributed by atoms with van der Waals surface area (Å²) in [6.07, 6.45) is 7.62. The van der Waals surface area contributed by atoms with Crippen molar-refractivity contribution in [1.29, 1.82) is 0 Å². The first kappa shape index (κ1) is 36.9. The van der Waals surface area contributed by atoms with Crippen LogP contribution in [-0.4, -0.2) is 40.0 Å². The van der Waals surface area contributed by atoms with Crippen LogP contribution in [0.3, 0.4) is 0 Å². The molecule has 1 aliphatic rings. The molecule has 1 heterocycles. The number of benzene rings is 1. The normalized spacial score (nSPS) is 18.7. The Morgan fingerprint density at radius 3 is 2.21 bits per heavy atom. The van der Waals surface area contributed by atoms with Crippen molar-refractivity contribution in [2.45, 2.75) is 126 Å². The highest BCUT2D eigenvalue weighted by Gasteiger charge is 2.46. The van der Waals surface area contributed by atoms with Gasteiger partial charge < -0.3 is 14.9 Å². The van der Waals surface area contributed by atoms with E-state index >= 15 is 4.39 Å². The molecule has 1 aromatic carbocycles. The third-order valence-corrected chi connectivity index (χ3v) is 7.23. The maximum absolute atomic E-state index is 15.3. The molecule has 7 heteroatoms. The van der Waals surface area contributed by atoms with Crippen molar-refractivity contribution in [1.82, 2.24) is 9.80 Å². The van der Waals surface area contributed by atoms with Crippen molar-refractivity contribution in [2.24, 2.45) is 11.8 Å². The standard InChI is InChI=1S/C27H40ClFN2O3.C3H8.C2H6/c1-7-8-9-25-30(13-12-26(33)34)16-22(19(4)5)27(6,31(25)17-32)20-14-23(28)21(24(29)15-20)11-10-18(2)3;1-3-2;1-2/h14-19,25H,7-13H2,1-6H3,(H,33,34);3H2,1-2H3;1-2H3/t25?,27-;;/m0../s1. The smallest absolute Gasteiger partial charge is 0.305 e. The molecule has 5 nitrogen and oxygen atoms in total. The molecule has 0 radical (unpaired) electrons. The molecule has 2 rings (SSSR count). The molecule has 0 spiro atoms. The van der Waals surface area contributed by atoms with Crippen LogP contribution < -0.4 is 0 Å². The van der Waals surface area contributed by atoms with E-state index in [2.05, 4.69) is 34.6 Å². The van der Waals surface area contributed by atoms with Crippen molar-refractivity contribution in [3.8, 4) is 0 Å². The van der Waals surface area contributed by atoms with Gasteiger partial charge in [-0.1, -0.05) is 86.8 Å². The Morgan fingerprint density at radius 2 is 1.77 bits per heavy atom. The second-order valence-corrected chi connectivity index (χ2v) is 11.3. The zero-order chi connectivity index (χ0) is 30.3. The molecule has 1 N–H and O–H groups in total. The molecule has 1 aliphatic heterocycles. The van der Waals surface area contributed by atoms with E-state index in [-0.39, 0.29) is 24.3 Å². The average molecular weight is 569 g/mol. The van der Waals surface area contributed by atoms with Crippen LogP contribution >= 0.6 is 11.6 Å². The maximum Gasteiger partial charge on any atom is 0.305 e.